The van der Waals surface area contributed by atoms with Crippen molar-refractivity contribution in [1.82, 2.24) is 5.32 Å². The monoisotopic (exact) mass is 568 g/mol. The summed E-state index contributed by atoms with van der Waals surface area (Å²) in [5.74, 6) is -1.64. The first-order chi connectivity index (χ1) is 18.4. The lowest BCUT2D eigenvalue weighted by Gasteiger charge is -2.12. The van der Waals surface area contributed by atoms with E-state index < -0.39 is 17.6 Å². The number of carbonyl (C=O) groups excluding carboxylic acids is 3. The summed E-state index contributed by atoms with van der Waals surface area (Å²) in [6.07, 6.45) is 4.67. The maximum Gasteiger partial charge on any atom is 0.272 e. The molecule has 4 aromatic rings. The fourth-order valence-electron chi connectivity index (χ4n) is 3.43. The van der Waals surface area contributed by atoms with E-state index in [4.69, 9.17) is 0 Å². The summed E-state index contributed by atoms with van der Waals surface area (Å²) in [5, 5.41) is 5.36. The zero-order valence-electron chi connectivity index (χ0n) is 20.0. The molecule has 0 aliphatic carbocycles. The second-order valence-corrected chi connectivity index (χ2v) is 9.13. The zero-order chi connectivity index (χ0) is 26.9. The summed E-state index contributed by atoms with van der Waals surface area (Å²) < 4.78 is 14.3. The number of rotatable bonds is 8. The Bertz CT molecular complexity index is 1500. The van der Waals surface area contributed by atoms with Gasteiger partial charge in [0.1, 0.15) is 11.5 Å². The highest BCUT2D eigenvalue weighted by Crippen LogP contribution is 2.15. The first kappa shape index (κ1) is 26.4. The smallest absolute Gasteiger partial charge is 0.272 e. The van der Waals surface area contributed by atoms with E-state index in [0.717, 1.165) is 10.0 Å². The number of halogens is 2. The Balaban J connectivity index is 1.48. The number of allylic oxidation sites excluding steroid dienone is 1. The van der Waals surface area contributed by atoms with Gasteiger partial charge in [-0.05, 0) is 83.9 Å². The Labute approximate surface area is 227 Å². The summed E-state index contributed by atoms with van der Waals surface area (Å²) in [6, 6.07) is 28.0. The number of ketones is 1. The number of nitrogens with one attached hydrogen (secondary N) is 2. The summed E-state index contributed by atoms with van der Waals surface area (Å²) >= 11 is 3.38. The minimum absolute atomic E-state index is 0.0250. The third kappa shape index (κ3) is 7.44. The van der Waals surface area contributed by atoms with Crippen molar-refractivity contribution in [3.63, 3.8) is 0 Å². The van der Waals surface area contributed by atoms with Crippen LogP contribution in [-0.2, 0) is 4.79 Å². The van der Waals surface area contributed by atoms with Gasteiger partial charge in [-0.3, -0.25) is 14.4 Å². The zero-order valence-corrected chi connectivity index (χ0v) is 21.6. The molecule has 0 spiro atoms. The van der Waals surface area contributed by atoms with Gasteiger partial charge in [-0.15, -0.1) is 0 Å². The SMILES string of the molecule is O=C(Nc1ccc(C(=O)/C=C/c2ccc(Br)cc2)cc1)/C(=C/c1ccc(F)cc1)NC(=O)c1ccccc1. The molecule has 7 heteroatoms. The Morgan fingerprint density at radius 1 is 0.711 bits per heavy atom. The molecule has 0 saturated carbocycles. The molecular weight excluding hydrogens is 547 g/mol. The molecule has 2 N–H and O–H groups in total. The molecule has 0 aliphatic heterocycles. The molecule has 5 nitrogen and oxygen atoms in total. The molecule has 4 rings (SSSR count). The van der Waals surface area contributed by atoms with Gasteiger partial charge in [0.15, 0.2) is 5.78 Å². The Morgan fingerprint density at radius 2 is 1.34 bits per heavy atom. The molecule has 4 aromatic carbocycles. The topological polar surface area (TPSA) is 75.3 Å². The van der Waals surface area contributed by atoms with E-state index in [2.05, 4.69) is 26.6 Å². The molecule has 0 saturated heterocycles. The number of amides is 2. The maximum atomic E-state index is 13.3. The Morgan fingerprint density at radius 3 is 2.00 bits per heavy atom. The largest absolute Gasteiger partial charge is 0.321 e. The van der Waals surface area contributed by atoms with Gasteiger partial charge < -0.3 is 10.6 Å². The van der Waals surface area contributed by atoms with E-state index >= 15 is 0 Å². The van der Waals surface area contributed by atoms with Crippen molar-refractivity contribution in [1.29, 1.82) is 0 Å². The van der Waals surface area contributed by atoms with Crippen LogP contribution in [0.25, 0.3) is 12.2 Å². The highest BCUT2D eigenvalue weighted by molar-refractivity contribution is 9.10. The predicted octanol–water partition coefficient (Wildman–Crippen LogP) is 6.89. The summed E-state index contributed by atoms with van der Waals surface area (Å²) in [5.41, 5.74) is 2.66. The van der Waals surface area contributed by atoms with Gasteiger partial charge in [0.25, 0.3) is 11.8 Å². The lowest BCUT2D eigenvalue weighted by atomic mass is 10.1. The van der Waals surface area contributed by atoms with E-state index in [1.165, 1.54) is 36.4 Å². The third-order valence-electron chi connectivity index (χ3n) is 5.43. The van der Waals surface area contributed by atoms with Crippen molar-refractivity contribution in [2.45, 2.75) is 0 Å². The van der Waals surface area contributed by atoms with Crippen LogP contribution >= 0.6 is 15.9 Å². The van der Waals surface area contributed by atoms with Crippen LogP contribution in [0.5, 0.6) is 0 Å². The molecule has 2 amide bonds. The molecule has 0 bridgehead atoms. The quantitative estimate of drug-likeness (QED) is 0.179. The van der Waals surface area contributed by atoms with Crippen molar-refractivity contribution >= 4 is 51.4 Å². The van der Waals surface area contributed by atoms with Crippen LogP contribution in [0.1, 0.15) is 31.8 Å². The molecule has 0 fully saturated rings. The molecule has 188 valence electrons. The van der Waals surface area contributed by atoms with Crippen molar-refractivity contribution in [3.05, 3.63) is 147 Å². The normalized spacial score (nSPS) is 11.3. The van der Waals surface area contributed by atoms with Crippen LogP contribution in [-0.4, -0.2) is 17.6 Å². The number of hydrogen-bond acceptors (Lipinski definition) is 3. The highest BCUT2D eigenvalue weighted by Gasteiger charge is 2.15. The van der Waals surface area contributed by atoms with E-state index in [1.54, 1.807) is 60.7 Å². The summed E-state index contributed by atoms with van der Waals surface area (Å²) in [6.45, 7) is 0. The minimum Gasteiger partial charge on any atom is -0.321 e. The maximum absolute atomic E-state index is 13.3. The van der Waals surface area contributed by atoms with Crippen molar-refractivity contribution in [2.75, 3.05) is 5.32 Å². The molecule has 38 heavy (non-hydrogen) atoms. The van der Waals surface area contributed by atoms with Crippen molar-refractivity contribution in [2.24, 2.45) is 0 Å². The van der Waals surface area contributed by atoms with Gasteiger partial charge in [0, 0.05) is 21.3 Å². The fraction of sp³-hybridized carbons (Fsp3) is 0. The Hall–Kier alpha value is -4.62. The lowest BCUT2D eigenvalue weighted by molar-refractivity contribution is -0.113. The van der Waals surface area contributed by atoms with Crippen LogP contribution in [0.4, 0.5) is 10.1 Å². The van der Waals surface area contributed by atoms with Gasteiger partial charge in [-0.25, -0.2) is 4.39 Å². The van der Waals surface area contributed by atoms with Crippen LogP contribution in [0.2, 0.25) is 0 Å². The molecule has 0 atom stereocenters. The Kier molecular flexibility index (Phi) is 8.74. The van der Waals surface area contributed by atoms with Crippen molar-refractivity contribution < 1.29 is 18.8 Å². The van der Waals surface area contributed by atoms with Crippen LogP contribution in [0.3, 0.4) is 0 Å². The second-order valence-electron chi connectivity index (χ2n) is 8.21. The van der Waals surface area contributed by atoms with Crippen LogP contribution < -0.4 is 10.6 Å². The van der Waals surface area contributed by atoms with Gasteiger partial charge in [0.2, 0.25) is 0 Å². The van der Waals surface area contributed by atoms with E-state index in [0.29, 0.717) is 22.4 Å². The van der Waals surface area contributed by atoms with Gasteiger partial charge in [0.05, 0.1) is 0 Å². The second kappa shape index (κ2) is 12.6. The molecule has 0 unspecified atom stereocenters. The van der Waals surface area contributed by atoms with Gasteiger partial charge in [-0.2, -0.15) is 0 Å². The number of benzene rings is 4. The van der Waals surface area contributed by atoms with E-state index in [9.17, 15) is 18.8 Å². The number of carbonyl (C=O) groups is 3. The average molecular weight is 569 g/mol. The highest BCUT2D eigenvalue weighted by atomic mass is 79.9. The number of hydrogen-bond donors (Lipinski definition) is 2. The minimum atomic E-state index is -0.576. The first-order valence-corrected chi connectivity index (χ1v) is 12.4. The van der Waals surface area contributed by atoms with E-state index in [-0.39, 0.29) is 11.5 Å². The molecule has 0 radical (unpaired) electrons. The average Bonchev–Trinajstić information content (AvgIpc) is 2.94. The predicted molar refractivity (Wildman–Crippen MR) is 151 cm³/mol. The van der Waals surface area contributed by atoms with Crippen LogP contribution in [0.15, 0.2) is 119 Å². The molecule has 0 aliphatic rings. The molecule has 0 heterocycles. The third-order valence-corrected chi connectivity index (χ3v) is 5.96. The standard InChI is InChI=1S/C31H22BrFN2O3/c32-25-13-6-21(7-14-25)10-19-29(36)23-11-17-27(18-12-23)34-31(38)28(20-22-8-15-26(33)16-9-22)35-30(37)24-4-2-1-3-5-24/h1-20H,(H,34,38)(H,35,37)/b19-10+,28-20-. The fourth-order valence-corrected chi connectivity index (χ4v) is 3.69. The van der Waals surface area contributed by atoms with Gasteiger partial charge in [-0.1, -0.05) is 64.5 Å². The lowest BCUT2D eigenvalue weighted by Crippen LogP contribution is -2.30. The summed E-state index contributed by atoms with van der Waals surface area (Å²) in [7, 11) is 0. The van der Waals surface area contributed by atoms with Crippen LogP contribution in [0, 0.1) is 5.82 Å². The molecule has 0 aromatic heterocycles. The first-order valence-electron chi connectivity index (χ1n) is 11.6. The summed E-state index contributed by atoms with van der Waals surface area (Å²) in [4.78, 5) is 38.4. The molecular formula is C31H22BrFN2O3. The number of anilines is 1. The van der Waals surface area contributed by atoms with Crippen molar-refractivity contribution in [3.8, 4) is 0 Å². The van der Waals surface area contributed by atoms with E-state index in [1.807, 2.05) is 24.3 Å². The van der Waals surface area contributed by atoms with Gasteiger partial charge >= 0.3 is 0 Å².